The van der Waals surface area contributed by atoms with Gasteiger partial charge in [-0.05, 0) is 25.5 Å². The third-order valence-corrected chi connectivity index (χ3v) is 4.84. The summed E-state index contributed by atoms with van der Waals surface area (Å²) in [6.07, 6.45) is 2.59. The first kappa shape index (κ1) is 21.0. The molecule has 2 saturated heterocycles. The number of carbonyl (C=O) groups excluding carboxylic acids is 1. The minimum absolute atomic E-state index is 0. The number of piperazine rings is 1. The van der Waals surface area contributed by atoms with Crippen LogP contribution in [0.3, 0.4) is 0 Å². The van der Waals surface area contributed by atoms with E-state index in [0.29, 0.717) is 18.8 Å². The molecule has 1 unspecified atom stereocenters. The fraction of sp³-hybridized carbons (Fsp3) is 0.667. The first-order valence-corrected chi connectivity index (χ1v) is 9.05. The molecule has 1 amide bonds. The molecule has 2 aliphatic rings. The topological polar surface area (TPSA) is 70.3 Å². The van der Waals surface area contributed by atoms with E-state index >= 15 is 0 Å². The molecule has 3 heterocycles. The lowest BCUT2D eigenvalue weighted by Gasteiger charge is -2.36. The highest BCUT2D eigenvalue weighted by Gasteiger charge is 2.30. The minimum atomic E-state index is -0.0396. The van der Waals surface area contributed by atoms with Gasteiger partial charge in [0.1, 0.15) is 0 Å². The molecule has 0 aromatic carbocycles. The van der Waals surface area contributed by atoms with Gasteiger partial charge in [0.2, 0.25) is 0 Å². The highest BCUT2D eigenvalue weighted by molar-refractivity contribution is 14.0. The lowest BCUT2D eigenvalue weighted by atomic mass is 9.90. The normalized spacial score (nSPS) is 23.7. The average Bonchev–Trinajstić information content (AvgIpc) is 3.30. The number of furan rings is 1. The van der Waals surface area contributed by atoms with E-state index in [1.165, 1.54) is 6.26 Å². The molecule has 0 saturated carbocycles. The van der Waals surface area contributed by atoms with Crippen LogP contribution in [-0.2, 0) is 4.74 Å². The zero-order chi connectivity index (χ0) is 17.7. The number of carbonyl (C=O) groups is 1. The number of rotatable bonds is 4. The average molecular weight is 476 g/mol. The van der Waals surface area contributed by atoms with Crippen LogP contribution in [0.5, 0.6) is 0 Å². The summed E-state index contributed by atoms with van der Waals surface area (Å²) in [6, 6.07) is 3.46. The van der Waals surface area contributed by atoms with Crippen molar-refractivity contribution in [2.24, 2.45) is 10.4 Å². The predicted molar refractivity (Wildman–Crippen MR) is 111 cm³/mol. The van der Waals surface area contributed by atoms with E-state index in [1.807, 2.05) is 4.90 Å². The van der Waals surface area contributed by atoms with Crippen molar-refractivity contribution in [3.63, 3.8) is 0 Å². The van der Waals surface area contributed by atoms with Crippen LogP contribution < -0.4 is 5.32 Å². The second-order valence-corrected chi connectivity index (χ2v) is 7.04. The molecule has 1 N–H and O–H groups in total. The standard InChI is InChI=1S/C18H28N4O3.HI/c1-3-19-17(20-13-18(2)6-12-24-14-18)22-9-7-21(8-10-22)16(23)15-5-4-11-25-15;/h4-5,11H,3,6-10,12-14H2,1-2H3,(H,19,20);1H. The number of halogens is 1. The molecule has 146 valence electrons. The van der Waals surface area contributed by atoms with Gasteiger partial charge in [-0.3, -0.25) is 9.79 Å². The van der Waals surface area contributed by atoms with E-state index in [-0.39, 0.29) is 35.3 Å². The van der Waals surface area contributed by atoms with Crippen LogP contribution in [0.1, 0.15) is 30.8 Å². The SMILES string of the molecule is CCNC(=NCC1(C)CCOC1)N1CCN(C(=O)c2ccco2)CC1.I. The second kappa shape index (κ2) is 9.59. The number of ether oxygens (including phenoxy) is 1. The van der Waals surface area contributed by atoms with Crippen molar-refractivity contribution in [1.82, 2.24) is 15.1 Å². The Morgan fingerprint density at radius 1 is 1.31 bits per heavy atom. The minimum Gasteiger partial charge on any atom is -0.459 e. The number of nitrogens with one attached hydrogen (secondary N) is 1. The molecule has 8 heteroatoms. The molecule has 2 fully saturated rings. The summed E-state index contributed by atoms with van der Waals surface area (Å²) in [5, 5.41) is 3.38. The Balaban J connectivity index is 0.00000243. The lowest BCUT2D eigenvalue weighted by Crippen LogP contribution is -2.54. The Hall–Kier alpha value is -1.29. The van der Waals surface area contributed by atoms with Gasteiger partial charge in [-0.15, -0.1) is 24.0 Å². The zero-order valence-electron chi connectivity index (χ0n) is 15.6. The molecule has 7 nitrogen and oxygen atoms in total. The van der Waals surface area contributed by atoms with E-state index in [0.717, 1.165) is 51.8 Å². The molecule has 0 spiro atoms. The quantitative estimate of drug-likeness (QED) is 0.410. The molecular weight excluding hydrogens is 447 g/mol. The maximum atomic E-state index is 12.4. The Morgan fingerprint density at radius 2 is 2.04 bits per heavy atom. The zero-order valence-corrected chi connectivity index (χ0v) is 17.9. The second-order valence-electron chi connectivity index (χ2n) is 7.04. The molecule has 0 radical (unpaired) electrons. The van der Waals surface area contributed by atoms with E-state index in [1.54, 1.807) is 12.1 Å². The van der Waals surface area contributed by atoms with Crippen LogP contribution in [-0.4, -0.2) is 74.1 Å². The molecule has 0 bridgehead atoms. The largest absolute Gasteiger partial charge is 0.459 e. The number of aliphatic imine (C=N–C) groups is 1. The molecule has 2 aliphatic heterocycles. The summed E-state index contributed by atoms with van der Waals surface area (Å²) in [5.41, 5.74) is 0.137. The molecule has 1 aromatic heterocycles. The fourth-order valence-electron chi connectivity index (χ4n) is 3.20. The highest BCUT2D eigenvalue weighted by Crippen LogP contribution is 2.28. The van der Waals surface area contributed by atoms with Gasteiger partial charge >= 0.3 is 0 Å². The summed E-state index contributed by atoms with van der Waals surface area (Å²) in [6.45, 7) is 10.4. The Labute approximate surface area is 172 Å². The summed E-state index contributed by atoms with van der Waals surface area (Å²) in [7, 11) is 0. The third kappa shape index (κ3) is 5.12. The van der Waals surface area contributed by atoms with Crippen molar-refractivity contribution in [2.75, 3.05) is 52.5 Å². The van der Waals surface area contributed by atoms with Crippen LogP contribution in [0.25, 0.3) is 0 Å². The van der Waals surface area contributed by atoms with Crippen LogP contribution in [0.4, 0.5) is 0 Å². The lowest BCUT2D eigenvalue weighted by molar-refractivity contribution is 0.0657. The number of hydrogen-bond acceptors (Lipinski definition) is 4. The Kier molecular flexibility index (Phi) is 7.75. The van der Waals surface area contributed by atoms with Crippen molar-refractivity contribution in [2.45, 2.75) is 20.3 Å². The van der Waals surface area contributed by atoms with Gasteiger partial charge in [0.25, 0.3) is 5.91 Å². The summed E-state index contributed by atoms with van der Waals surface area (Å²) < 4.78 is 10.7. The van der Waals surface area contributed by atoms with E-state index in [9.17, 15) is 4.79 Å². The molecular formula is C18H29IN4O3. The summed E-state index contributed by atoms with van der Waals surface area (Å²) in [4.78, 5) is 21.3. The Bertz CT molecular complexity index is 592. The molecule has 1 atom stereocenters. The van der Waals surface area contributed by atoms with Crippen LogP contribution in [0, 0.1) is 5.41 Å². The van der Waals surface area contributed by atoms with Crippen molar-refractivity contribution in [3.8, 4) is 0 Å². The van der Waals surface area contributed by atoms with Gasteiger partial charge in [-0.1, -0.05) is 6.92 Å². The monoisotopic (exact) mass is 476 g/mol. The maximum absolute atomic E-state index is 12.4. The summed E-state index contributed by atoms with van der Waals surface area (Å²) in [5.74, 6) is 1.30. The van der Waals surface area contributed by atoms with Gasteiger partial charge in [-0.2, -0.15) is 0 Å². The molecule has 0 aliphatic carbocycles. The summed E-state index contributed by atoms with van der Waals surface area (Å²) >= 11 is 0. The van der Waals surface area contributed by atoms with Gasteiger partial charge in [0, 0.05) is 44.7 Å². The van der Waals surface area contributed by atoms with Crippen molar-refractivity contribution < 1.29 is 13.9 Å². The van der Waals surface area contributed by atoms with E-state index < -0.39 is 0 Å². The number of amides is 1. The number of hydrogen-bond donors (Lipinski definition) is 1. The number of nitrogens with zero attached hydrogens (tertiary/aromatic N) is 3. The van der Waals surface area contributed by atoms with Gasteiger partial charge in [0.15, 0.2) is 11.7 Å². The third-order valence-electron chi connectivity index (χ3n) is 4.84. The van der Waals surface area contributed by atoms with E-state index in [4.69, 9.17) is 14.1 Å². The molecule has 3 rings (SSSR count). The van der Waals surface area contributed by atoms with Crippen LogP contribution in [0.2, 0.25) is 0 Å². The van der Waals surface area contributed by atoms with Crippen LogP contribution in [0.15, 0.2) is 27.8 Å². The van der Waals surface area contributed by atoms with Gasteiger partial charge < -0.3 is 24.3 Å². The first-order chi connectivity index (χ1) is 12.1. The maximum Gasteiger partial charge on any atom is 0.289 e. The predicted octanol–water partition coefficient (Wildman–Crippen LogP) is 2.05. The fourth-order valence-corrected chi connectivity index (χ4v) is 3.20. The molecule has 1 aromatic rings. The smallest absolute Gasteiger partial charge is 0.289 e. The Morgan fingerprint density at radius 3 is 2.62 bits per heavy atom. The first-order valence-electron chi connectivity index (χ1n) is 9.05. The van der Waals surface area contributed by atoms with Gasteiger partial charge in [0.05, 0.1) is 19.4 Å². The van der Waals surface area contributed by atoms with Crippen LogP contribution >= 0.6 is 24.0 Å². The van der Waals surface area contributed by atoms with Crippen molar-refractivity contribution >= 4 is 35.8 Å². The molecule has 26 heavy (non-hydrogen) atoms. The van der Waals surface area contributed by atoms with Crippen molar-refractivity contribution in [3.05, 3.63) is 24.2 Å². The highest BCUT2D eigenvalue weighted by atomic mass is 127. The number of guanidine groups is 1. The van der Waals surface area contributed by atoms with E-state index in [2.05, 4.69) is 24.1 Å². The van der Waals surface area contributed by atoms with Gasteiger partial charge in [-0.25, -0.2) is 0 Å². The van der Waals surface area contributed by atoms with Crippen molar-refractivity contribution in [1.29, 1.82) is 0 Å².